The van der Waals surface area contributed by atoms with Gasteiger partial charge in [-0.1, -0.05) is 60.1 Å². The molecule has 0 saturated carbocycles. The monoisotopic (exact) mass is 342 g/mol. The van der Waals surface area contributed by atoms with Gasteiger partial charge in [0.15, 0.2) is 0 Å². The molecule has 0 aliphatic carbocycles. The van der Waals surface area contributed by atoms with Crippen LogP contribution in [-0.2, 0) is 17.8 Å². The van der Waals surface area contributed by atoms with Crippen LogP contribution in [0.4, 0.5) is 0 Å². The molecular formula is C20H23ClN2O. The summed E-state index contributed by atoms with van der Waals surface area (Å²) >= 11 is 6.15. The van der Waals surface area contributed by atoms with Crippen molar-refractivity contribution in [2.45, 2.75) is 31.8 Å². The van der Waals surface area contributed by atoms with Gasteiger partial charge in [0.05, 0.1) is 6.04 Å². The van der Waals surface area contributed by atoms with Gasteiger partial charge in [0.1, 0.15) is 0 Å². The number of halogens is 1. The number of likely N-dealkylation sites (tertiary alicyclic amines) is 1. The Kier molecular flexibility index (Phi) is 5.89. The first-order valence-corrected chi connectivity index (χ1v) is 8.91. The highest BCUT2D eigenvalue weighted by Gasteiger charge is 2.30. The molecule has 1 heterocycles. The van der Waals surface area contributed by atoms with Crippen LogP contribution < -0.4 is 5.32 Å². The average molecular weight is 343 g/mol. The normalized spacial score (nSPS) is 17.8. The zero-order valence-electron chi connectivity index (χ0n) is 13.7. The molecule has 24 heavy (non-hydrogen) atoms. The van der Waals surface area contributed by atoms with Crippen LogP contribution in [0.3, 0.4) is 0 Å². The molecule has 1 amide bonds. The second-order valence-electron chi connectivity index (χ2n) is 6.24. The molecule has 1 saturated heterocycles. The minimum atomic E-state index is -0.0174. The van der Waals surface area contributed by atoms with E-state index in [1.807, 2.05) is 30.3 Å². The lowest BCUT2D eigenvalue weighted by Gasteiger charge is -2.23. The highest BCUT2D eigenvalue weighted by molar-refractivity contribution is 6.31. The standard InChI is InChI=1S/C20H23ClN2O/c21-18-10-5-4-9-17(18)15-22-20(24)19-11-6-13-23(19)14-12-16-7-2-1-3-8-16/h1-5,7-10,19H,6,11-15H2,(H,22,24)/t19-/m1/s1. The van der Waals surface area contributed by atoms with Gasteiger partial charge in [0.25, 0.3) is 0 Å². The molecule has 2 aromatic rings. The average Bonchev–Trinajstić information content (AvgIpc) is 3.08. The van der Waals surface area contributed by atoms with Gasteiger partial charge in [-0.3, -0.25) is 9.69 Å². The van der Waals surface area contributed by atoms with E-state index in [1.165, 1.54) is 5.56 Å². The number of amides is 1. The maximum Gasteiger partial charge on any atom is 0.237 e. The molecular weight excluding hydrogens is 320 g/mol. The van der Waals surface area contributed by atoms with Crippen molar-refractivity contribution in [3.63, 3.8) is 0 Å². The third kappa shape index (κ3) is 4.37. The van der Waals surface area contributed by atoms with Crippen LogP contribution in [-0.4, -0.2) is 29.9 Å². The predicted molar refractivity (Wildman–Crippen MR) is 98.0 cm³/mol. The number of rotatable bonds is 6. The summed E-state index contributed by atoms with van der Waals surface area (Å²) in [4.78, 5) is 14.9. The maximum absolute atomic E-state index is 12.6. The highest BCUT2D eigenvalue weighted by atomic mass is 35.5. The van der Waals surface area contributed by atoms with Crippen molar-refractivity contribution in [1.82, 2.24) is 10.2 Å². The van der Waals surface area contributed by atoms with Crippen LogP contribution in [0.25, 0.3) is 0 Å². The lowest BCUT2D eigenvalue weighted by molar-refractivity contribution is -0.125. The Morgan fingerprint density at radius 3 is 2.67 bits per heavy atom. The summed E-state index contributed by atoms with van der Waals surface area (Å²) < 4.78 is 0. The van der Waals surface area contributed by atoms with Gasteiger partial charge in [-0.2, -0.15) is 0 Å². The van der Waals surface area contributed by atoms with Crippen LogP contribution >= 0.6 is 11.6 Å². The Morgan fingerprint density at radius 2 is 1.88 bits per heavy atom. The minimum absolute atomic E-state index is 0.0174. The van der Waals surface area contributed by atoms with Crippen LogP contribution in [0.5, 0.6) is 0 Å². The van der Waals surface area contributed by atoms with Gasteiger partial charge >= 0.3 is 0 Å². The molecule has 0 bridgehead atoms. The summed E-state index contributed by atoms with van der Waals surface area (Å²) in [7, 11) is 0. The number of nitrogens with one attached hydrogen (secondary N) is 1. The zero-order chi connectivity index (χ0) is 16.8. The van der Waals surface area contributed by atoms with E-state index in [-0.39, 0.29) is 11.9 Å². The van der Waals surface area contributed by atoms with Crippen LogP contribution in [0.1, 0.15) is 24.0 Å². The van der Waals surface area contributed by atoms with Crippen molar-refractivity contribution in [2.75, 3.05) is 13.1 Å². The summed E-state index contributed by atoms with van der Waals surface area (Å²) in [6.45, 7) is 2.41. The second-order valence-corrected chi connectivity index (χ2v) is 6.65. The molecule has 1 aliphatic rings. The molecule has 0 aromatic heterocycles. The van der Waals surface area contributed by atoms with E-state index in [1.54, 1.807) is 0 Å². The van der Waals surface area contributed by atoms with Crippen LogP contribution in [0.2, 0.25) is 5.02 Å². The quantitative estimate of drug-likeness (QED) is 0.868. The maximum atomic E-state index is 12.6. The van der Waals surface area contributed by atoms with E-state index in [0.29, 0.717) is 11.6 Å². The lowest BCUT2D eigenvalue weighted by atomic mass is 10.1. The van der Waals surface area contributed by atoms with Gasteiger partial charge in [-0.25, -0.2) is 0 Å². The molecule has 3 rings (SSSR count). The molecule has 0 radical (unpaired) electrons. The van der Waals surface area contributed by atoms with Crippen LogP contribution in [0, 0.1) is 0 Å². The second kappa shape index (κ2) is 8.32. The summed E-state index contributed by atoms with van der Waals surface area (Å²) in [5.74, 6) is 0.112. The highest BCUT2D eigenvalue weighted by Crippen LogP contribution is 2.19. The Balaban J connectivity index is 1.52. The zero-order valence-corrected chi connectivity index (χ0v) is 14.5. The van der Waals surface area contributed by atoms with Crippen molar-refractivity contribution in [1.29, 1.82) is 0 Å². The van der Waals surface area contributed by atoms with Crippen molar-refractivity contribution in [3.05, 3.63) is 70.7 Å². The summed E-state index contributed by atoms with van der Waals surface area (Å²) in [6.07, 6.45) is 3.00. The fraction of sp³-hybridized carbons (Fsp3) is 0.350. The molecule has 0 spiro atoms. The molecule has 126 valence electrons. The Morgan fingerprint density at radius 1 is 1.12 bits per heavy atom. The number of nitrogens with zero attached hydrogens (tertiary/aromatic N) is 1. The summed E-state index contributed by atoms with van der Waals surface area (Å²) in [6, 6.07) is 18.1. The van der Waals surface area contributed by atoms with E-state index in [9.17, 15) is 4.79 Å². The number of carbonyl (C=O) groups is 1. The van der Waals surface area contributed by atoms with E-state index in [2.05, 4.69) is 34.5 Å². The number of benzene rings is 2. The molecule has 1 atom stereocenters. The molecule has 0 unspecified atom stereocenters. The molecule has 1 N–H and O–H groups in total. The fourth-order valence-corrected chi connectivity index (χ4v) is 3.45. The lowest BCUT2D eigenvalue weighted by Crippen LogP contribution is -2.43. The van der Waals surface area contributed by atoms with E-state index in [4.69, 9.17) is 11.6 Å². The third-order valence-electron chi connectivity index (χ3n) is 4.61. The molecule has 1 aliphatic heterocycles. The molecule has 2 aromatic carbocycles. The largest absolute Gasteiger partial charge is 0.351 e. The van der Waals surface area contributed by atoms with Crippen molar-refractivity contribution in [3.8, 4) is 0 Å². The molecule has 3 nitrogen and oxygen atoms in total. The van der Waals surface area contributed by atoms with Gasteiger partial charge in [0, 0.05) is 18.1 Å². The van der Waals surface area contributed by atoms with Gasteiger partial charge in [0.2, 0.25) is 5.91 Å². The minimum Gasteiger partial charge on any atom is -0.351 e. The Hall–Kier alpha value is -1.84. The smallest absolute Gasteiger partial charge is 0.237 e. The topological polar surface area (TPSA) is 32.3 Å². The summed E-state index contributed by atoms with van der Waals surface area (Å²) in [5.41, 5.74) is 2.28. The van der Waals surface area contributed by atoms with Gasteiger partial charge < -0.3 is 5.32 Å². The fourth-order valence-electron chi connectivity index (χ4n) is 3.25. The number of hydrogen-bond donors (Lipinski definition) is 1. The number of hydrogen-bond acceptors (Lipinski definition) is 2. The first-order valence-electron chi connectivity index (χ1n) is 8.53. The SMILES string of the molecule is O=C(NCc1ccccc1Cl)[C@H]1CCCN1CCc1ccccc1. The predicted octanol–water partition coefficient (Wildman–Crippen LogP) is 3.66. The Bertz CT molecular complexity index is 674. The van der Waals surface area contributed by atoms with E-state index in [0.717, 1.165) is 37.9 Å². The molecule has 4 heteroatoms. The van der Waals surface area contributed by atoms with E-state index >= 15 is 0 Å². The van der Waals surface area contributed by atoms with Crippen LogP contribution in [0.15, 0.2) is 54.6 Å². The Labute approximate surface area is 148 Å². The first kappa shape index (κ1) is 17.0. The third-order valence-corrected chi connectivity index (χ3v) is 4.98. The van der Waals surface area contributed by atoms with E-state index < -0.39 is 0 Å². The van der Waals surface area contributed by atoms with Crippen molar-refractivity contribution < 1.29 is 4.79 Å². The summed E-state index contributed by atoms with van der Waals surface area (Å²) in [5, 5.41) is 3.74. The van der Waals surface area contributed by atoms with Gasteiger partial charge in [-0.15, -0.1) is 0 Å². The van der Waals surface area contributed by atoms with Crippen molar-refractivity contribution >= 4 is 17.5 Å². The number of carbonyl (C=O) groups excluding carboxylic acids is 1. The van der Waals surface area contributed by atoms with Gasteiger partial charge in [-0.05, 0) is 43.0 Å². The first-order chi connectivity index (χ1) is 11.7. The van der Waals surface area contributed by atoms with Crippen molar-refractivity contribution in [2.24, 2.45) is 0 Å². The molecule has 1 fully saturated rings.